The van der Waals surface area contributed by atoms with Gasteiger partial charge in [-0.3, -0.25) is 0 Å². The first-order valence-corrected chi connectivity index (χ1v) is 6.23. The topological polar surface area (TPSA) is 56.7 Å². The summed E-state index contributed by atoms with van der Waals surface area (Å²) in [6.45, 7) is 3.95. The number of nitrogens with zero attached hydrogens (tertiary/aromatic N) is 3. The Morgan fingerprint density at radius 3 is 2.80 bits per heavy atom. The number of hydrogen-bond donors (Lipinski definition) is 1. The molecule has 1 atom stereocenters. The lowest BCUT2D eigenvalue weighted by molar-refractivity contribution is 0.558. The number of hydrogen-bond acceptors (Lipinski definition) is 4. The average Bonchev–Trinajstić information content (AvgIpc) is 2.82. The molecular weight excluding hydrogens is 276 g/mol. The first-order chi connectivity index (χ1) is 7.11. The molecule has 0 amide bonds. The Kier molecular flexibility index (Phi) is 2.79. The summed E-state index contributed by atoms with van der Waals surface area (Å²) in [7, 11) is 0. The average molecular weight is 287 g/mol. The zero-order chi connectivity index (χ0) is 11.0. The van der Waals surface area contributed by atoms with Crippen molar-refractivity contribution in [2.75, 3.05) is 5.73 Å². The summed E-state index contributed by atoms with van der Waals surface area (Å²) in [5.41, 5.74) is 9.64. The molecule has 0 spiro atoms. The summed E-state index contributed by atoms with van der Waals surface area (Å²) in [5.74, 6) is 0.646. The Hall–Kier alpha value is -0.880. The summed E-state index contributed by atoms with van der Waals surface area (Å²) >= 11 is 4.98. The molecule has 0 saturated carbocycles. The standard InChI is InChI=1S/C9H11BrN4S/c1-5-8(10)9(11)14(13-5)6(2)7-3-15-4-12-7/h3-4,6H,11H2,1-2H3. The van der Waals surface area contributed by atoms with Crippen LogP contribution < -0.4 is 5.73 Å². The predicted octanol–water partition coefficient (Wildman–Crippen LogP) is 2.60. The number of anilines is 1. The van der Waals surface area contributed by atoms with E-state index in [-0.39, 0.29) is 6.04 Å². The minimum atomic E-state index is 0.0706. The zero-order valence-corrected chi connectivity index (χ0v) is 10.8. The highest BCUT2D eigenvalue weighted by atomic mass is 79.9. The summed E-state index contributed by atoms with van der Waals surface area (Å²) in [6, 6.07) is 0.0706. The van der Waals surface area contributed by atoms with Crippen LogP contribution in [0.1, 0.15) is 24.4 Å². The normalized spacial score (nSPS) is 13.0. The fourth-order valence-corrected chi connectivity index (χ4v) is 2.30. The molecule has 0 saturated heterocycles. The summed E-state index contributed by atoms with van der Waals surface area (Å²) in [4.78, 5) is 4.26. The van der Waals surface area contributed by atoms with Crippen molar-refractivity contribution in [1.29, 1.82) is 0 Å². The molecule has 2 aromatic heterocycles. The Bertz CT molecular complexity index is 463. The highest BCUT2D eigenvalue weighted by Crippen LogP contribution is 2.28. The number of halogens is 1. The third-order valence-corrected chi connectivity index (χ3v) is 3.88. The molecule has 0 aromatic carbocycles. The van der Waals surface area contributed by atoms with Crippen molar-refractivity contribution >= 4 is 33.1 Å². The molecule has 0 fully saturated rings. The van der Waals surface area contributed by atoms with E-state index in [4.69, 9.17) is 5.73 Å². The molecule has 2 N–H and O–H groups in total. The maximum atomic E-state index is 5.94. The van der Waals surface area contributed by atoms with E-state index in [0.29, 0.717) is 5.82 Å². The predicted molar refractivity (Wildman–Crippen MR) is 65.0 cm³/mol. The van der Waals surface area contributed by atoms with E-state index in [2.05, 4.69) is 26.0 Å². The monoisotopic (exact) mass is 286 g/mol. The maximum Gasteiger partial charge on any atom is 0.137 e. The second-order valence-corrected chi connectivity index (χ2v) is 4.83. The van der Waals surface area contributed by atoms with Crippen LogP contribution in [0.2, 0.25) is 0 Å². The van der Waals surface area contributed by atoms with Gasteiger partial charge in [0.05, 0.1) is 27.4 Å². The summed E-state index contributed by atoms with van der Waals surface area (Å²) in [5, 5.41) is 6.38. The molecule has 0 aliphatic rings. The fraction of sp³-hybridized carbons (Fsp3) is 0.333. The quantitative estimate of drug-likeness (QED) is 0.923. The van der Waals surface area contributed by atoms with Crippen molar-refractivity contribution in [3.63, 3.8) is 0 Å². The van der Waals surface area contributed by atoms with Gasteiger partial charge in [-0.05, 0) is 29.8 Å². The van der Waals surface area contributed by atoms with Gasteiger partial charge in [0, 0.05) is 5.38 Å². The second-order valence-electron chi connectivity index (χ2n) is 3.32. The van der Waals surface area contributed by atoms with Crippen LogP contribution >= 0.6 is 27.3 Å². The Balaban J connectivity index is 2.42. The van der Waals surface area contributed by atoms with Gasteiger partial charge in [0.15, 0.2) is 0 Å². The third kappa shape index (κ3) is 1.79. The van der Waals surface area contributed by atoms with Gasteiger partial charge in [-0.2, -0.15) is 5.10 Å². The van der Waals surface area contributed by atoms with E-state index in [9.17, 15) is 0 Å². The molecule has 2 rings (SSSR count). The van der Waals surface area contributed by atoms with Gasteiger partial charge in [-0.25, -0.2) is 9.67 Å². The molecule has 0 radical (unpaired) electrons. The molecule has 0 bridgehead atoms. The third-order valence-electron chi connectivity index (χ3n) is 2.29. The van der Waals surface area contributed by atoms with Crippen LogP contribution in [0.15, 0.2) is 15.4 Å². The first kappa shape index (κ1) is 10.6. The van der Waals surface area contributed by atoms with Crippen LogP contribution in [0.25, 0.3) is 0 Å². The molecule has 2 heterocycles. The first-order valence-electron chi connectivity index (χ1n) is 4.49. The number of aromatic nitrogens is 3. The SMILES string of the molecule is Cc1nn(C(C)c2cscn2)c(N)c1Br. The lowest BCUT2D eigenvalue weighted by atomic mass is 10.3. The van der Waals surface area contributed by atoms with Crippen LogP contribution in [0.5, 0.6) is 0 Å². The highest BCUT2D eigenvalue weighted by molar-refractivity contribution is 9.10. The van der Waals surface area contributed by atoms with Gasteiger partial charge in [0.2, 0.25) is 0 Å². The van der Waals surface area contributed by atoms with Gasteiger partial charge in [0.1, 0.15) is 5.82 Å². The molecule has 6 heteroatoms. The Morgan fingerprint density at radius 1 is 1.60 bits per heavy atom. The maximum absolute atomic E-state index is 5.94. The lowest BCUT2D eigenvalue weighted by Crippen LogP contribution is -2.11. The molecular formula is C9H11BrN4S. The van der Waals surface area contributed by atoms with Gasteiger partial charge in [-0.1, -0.05) is 0 Å². The van der Waals surface area contributed by atoms with E-state index in [0.717, 1.165) is 15.9 Å². The van der Waals surface area contributed by atoms with Crippen LogP contribution in [-0.2, 0) is 0 Å². The minimum Gasteiger partial charge on any atom is -0.383 e. The van der Waals surface area contributed by atoms with Crippen LogP contribution in [0, 0.1) is 6.92 Å². The van der Waals surface area contributed by atoms with Crippen LogP contribution in [0.3, 0.4) is 0 Å². The van der Waals surface area contributed by atoms with Gasteiger partial charge >= 0.3 is 0 Å². The number of nitrogen functional groups attached to an aromatic ring is 1. The van der Waals surface area contributed by atoms with Gasteiger partial charge in [-0.15, -0.1) is 11.3 Å². The smallest absolute Gasteiger partial charge is 0.137 e. The van der Waals surface area contributed by atoms with Crippen molar-refractivity contribution in [1.82, 2.24) is 14.8 Å². The summed E-state index contributed by atoms with van der Waals surface area (Å²) in [6.07, 6.45) is 0. The lowest BCUT2D eigenvalue weighted by Gasteiger charge is -2.11. The van der Waals surface area contributed by atoms with Gasteiger partial charge < -0.3 is 5.73 Å². The molecule has 1 unspecified atom stereocenters. The molecule has 80 valence electrons. The van der Waals surface area contributed by atoms with E-state index >= 15 is 0 Å². The zero-order valence-electron chi connectivity index (χ0n) is 8.44. The van der Waals surface area contributed by atoms with E-state index in [1.165, 1.54) is 0 Å². The number of nitrogens with two attached hydrogens (primary N) is 1. The highest BCUT2D eigenvalue weighted by Gasteiger charge is 2.17. The summed E-state index contributed by atoms with van der Waals surface area (Å²) < 4.78 is 2.65. The van der Waals surface area contributed by atoms with E-state index in [1.807, 2.05) is 24.7 Å². The van der Waals surface area contributed by atoms with E-state index < -0.39 is 0 Å². The molecule has 4 nitrogen and oxygen atoms in total. The number of thiazole rings is 1. The van der Waals surface area contributed by atoms with Crippen molar-refractivity contribution in [2.45, 2.75) is 19.9 Å². The largest absolute Gasteiger partial charge is 0.383 e. The second kappa shape index (κ2) is 3.94. The van der Waals surface area contributed by atoms with Crippen molar-refractivity contribution in [2.24, 2.45) is 0 Å². The van der Waals surface area contributed by atoms with E-state index in [1.54, 1.807) is 16.0 Å². The Morgan fingerprint density at radius 2 is 2.33 bits per heavy atom. The molecule has 0 aliphatic carbocycles. The number of rotatable bonds is 2. The molecule has 0 aliphatic heterocycles. The van der Waals surface area contributed by atoms with Crippen molar-refractivity contribution in [3.8, 4) is 0 Å². The molecule has 2 aromatic rings. The van der Waals surface area contributed by atoms with Crippen LogP contribution in [0.4, 0.5) is 5.82 Å². The minimum absolute atomic E-state index is 0.0706. The number of aryl methyl sites for hydroxylation is 1. The van der Waals surface area contributed by atoms with Crippen LogP contribution in [-0.4, -0.2) is 14.8 Å². The van der Waals surface area contributed by atoms with Gasteiger partial charge in [0.25, 0.3) is 0 Å². The van der Waals surface area contributed by atoms with Crippen molar-refractivity contribution < 1.29 is 0 Å². The fourth-order valence-electron chi connectivity index (χ4n) is 1.39. The Labute approximate surface area is 100 Å². The van der Waals surface area contributed by atoms with Crippen molar-refractivity contribution in [3.05, 3.63) is 26.8 Å². The molecule has 15 heavy (non-hydrogen) atoms.